The van der Waals surface area contributed by atoms with Crippen molar-refractivity contribution in [2.45, 2.75) is 6.61 Å². The fourth-order valence-electron chi connectivity index (χ4n) is 1.54. The van der Waals surface area contributed by atoms with Crippen molar-refractivity contribution in [1.29, 1.82) is 0 Å². The first-order valence-electron chi connectivity index (χ1n) is 5.85. The molecule has 0 N–H and O–H groups in total. The largest absolute Gasteiger partial charge is 0.458 e. The molecule has 3 aromatic rings. The number of rotatable bonds is 4. The Hall–Kier alpha value is -2.06. The van der Waals surface area contributed by atoms with Crippen molar-refractivity contribution < 1.29 is 4.74 Å². The molecule has 0 aromatic carbocycles. The highest BCUT2D eigenvalue weighted by atomic mass is 79.9. The molecule has 0 amide bonds. The zero-order valence-electron chi connectivity index (χ0n) is 10.5. The molecular formula is C12H8BrClN6O. The average Bonchev–Trinajstić information content (AvgIpc) is 3.00. The molecule has 0 radical (unpaired) electrons. The van der Waals surface area contributed by atoms with Gasteiger partial charge >= 0.3 is 6.01 Å². The summed E-state index contributed by atoms with van der Waals surface area (Å²) in [6.45, 7) is 0.222. The van der Waals surface area contributed by atoms with Crippen molar-refractivity contribution in [3.05, 3.63) is 52.1 Å². The normalized spacial score (nSPS) is 10.6. The lowest BCUT2D eigenvalue weighted by Gasteiger charge is -2.07. The van der Waals surface area contributed by atoms with Gasteiger partial charge in [-0.3, -0.25) is 0 Å². The molecule has 7 nitrogen and oxygen atoms in total. The Labute approximate surface area is 133 Å². The van der Waals surface area contributed by atoms with Crippen molar-refractivity contribution in [2.24, 2.45) is 0 Å². The van der Waals surface area contributed by atoms with E-state index in [9.17, 15) is 0 Å². The molecule has 3 heterocycles. The first-order chi connectivity index (χ1) is 10.2. The molecule has 0 unspecified atom stereocenters. The molecule has 0 bridgehead atoms. The van der Waals surface area contributed by atoms with Gasteiger partial charge in [0.1, 0.15) is 11.2 Å². The van der Waals surface area contributed by atoms with Crippen LogP contribution in [0.3, 0.4) is 0 Å². The van der Waals surface area contributed by atoms with E-state index in [-0.39, 0.29) is 12.6 Å². The topological polar surface area (TPSA) is 78.6 Å². The molecule has 9 heteroatoms. The zero-order valence-corrected chi connectivity index (χ0v) is 12.9. The molecule has 0 spiro atoms. The Kier molecular flexibility index (Phi) is 4.07. The van der Waals surface area contributed by atoms with Gasteiger partial charge in [0.25, 0.3) is 0 Å². The molecule has 0 atom stereocenters. The van der Waals surface area contributed by atoms with Gasteiger partial charge < -0.3 is 4.74 Å². The van der Waals surface area contributed by atoms with Crippen LogP contribution in [0.5, 0.6) is 6.01 Å². The first kappa shape index (κ1) is 13.9. The maximum absolute atomic E-state index is 6.21. The minimum absolute atomic E-state index is 0.222. The number of ether oxygens (including phenoxy) is 1. The van der Waals surface area contributed by atoms with Crippen LogP contribution in [0.15, 0.2) is 41.5 Å². The van der Waals surface area contributed by atoms with E-state index in [1.165, 1.54) is 4.68 Å². The van der Waals surface area contributed by atoms with Crippen LogP contribution in [-0.4, -0.2) is 29.9 Å². The fourth-order valence-corrected chi connectivity index (χ4v) is 2.01. The van der Waals surface area contributed by atoms with Crippen LogP contribution >= 0.6 is 27.5 Å². The molecule has 0 fully saturated rings. The van der Waals surface area contributed by atoms with Gasteiger partial charge in [-0.05, 0) is 22.0 Å². The summed E-state index contributed by atoms with van der Waals surface area (Å²) in [7, 11) is 0. The standard InChI is InChI=1S/C12H8BrClN6O/c13-10-1-2-15-12(18-10)21-7-8-6-16-11(5-9(8)14)20-4-3-17-19-20/h1-6H,7H2. The average molecular weight is 368 g/mol. The third kappa shape index (κ3) is 3.34. The highest BCUT2D eigenvalue weighted by Gasteiger charge is 2.07. The first-order valence-corrected chi connectivity index (χ1v) is 7.02. The van der Waals surface area contributed by atoms with Crippen molar-refractivity contribution in [3.63, 3.8) is 0 Å². The van der Waals surface area contributed by atoms with E-state index in [0.717, 1.165) is 5.56 Å². The van der Waals surface area contributed by atoms with Gasteiger partial charge in [-0.1, -0.05) is 16.8 Å². The van der Waals surface area contributed by atoms with E-state index in [1.54, 1.807) is 36.9 Å². The second-order valence-electron chi connectivity index (χ2n) is 3.93. The predicted octanol–water partition coefficient (Wildman–Crippen LogP) is 2.45. The SMILES string of the molecule is Clc1cc(-n2ccnn2)ncc1COc1nccc(Br)n1. The number of hydrogen-bond acceptors (Lipinski definition) is 6. The minimum atomic E-state index is 0.222. The summed E-state index contributed by atoms with van der Waals surface area (Å²) in [5.74, 6) is 0.583. The Morgan fingerprint density at radius 3 is 2.90 bits per heavy atom. The third-order valence-electron chi connectivity index (χ3n) is 2.53. The van der Waals surface area contributed by atoms with Gasteiger partial charge in [-0.25, -0.2) is 14.6 Å². The molecular weight excluding hydrogens is 360 g/mol. The van der Waals surface area contributed by atoms with Crippen LogP contribution in [0.25, 0.3) is 5.82 Å². The van der Waals surface area contributed by atoms with Crippen LogP contribution in [0.1, 0.15) is 5.56 Å². The quantitative estimate of drug-likeness (QED) is 0.659. The van der Waals surface area contributed by atoms with Crippen molar-refractivity contribution in [2.75, 3.05) is 0 Å². The third-order valence-corrected chi connectivity index (χ3v) is 3.32. The lowest BCUT2D eigenvalue weighted by atomic mass is 10.3. The summed E-state index contributed by atoms with van der Waals surface area (Å²) >= 11 is 9.46. The van der Waals surface area contributed by atoms with E-state index < -0.39 is 0 Å². The summed E-state index contributed by atoms with van der Waals surface area (Å²) < 4.78 is 7.65. The van der Waals surface area contributed by atoms with Crippen LogP contribution < -0.4 is 4.74 Å². The van der Waals surface area contributed by atoms with Crippen LogP contribution in [0, 0.1) is 0 Å². The van der Waals surface area contributed by atoms with Gasteiger partial charge in [0.2, 0.25) is 0 Å². The number of hydrogen-bond donors (Lipinski definition) is 0. The van der Waals surface area contributed by atoms with E-state index in [0.29, 0.717) is 15.4 Å². The minimum Gasteiger partial charge on any atom is -0.458 e. The molecule has 0 aliphatic carbocycles. The molecule has 0 saturated heterocycles. The summed E-state index contributed by atoms with van der Waals surface area (Å²) in [4.78, 5) is 12.3. The van der Waals surface area contributed by atoms with Crippen LogP contribution in [0.4, 0.5) is 0 Å². The van der Waals surface area contributed by atoms with Crippen LogP contribution in [0.2, 0.25) is 5.02 Å². The molecule has 0 aliphatic rings. The molecule has 106 valence electrons. The number of pyridine rings is 1. The second kappa shape index (κ2) is 6.15. The Morgan fingerprint density at radius 1 is 1.29 bits per heavy atom. The second-order valence-corrected chi connectivity index (χ2v) is 5.15. The van der Waals surface area contributed by atoms with Gasteiger partial charge in [-0.2, -0.15) is 4.98 Å². The lowest BCUT2D eigenvalue weighted by Crippen LogP contribution is -2.03. The smallest absolute Gasteiger partial charge is 0.317 e. The van der Waals surface area contributed by atoms with Gasteiger partial charge in [0.05, 0.1) is 17.4 Å². The van der Waals surface area contributed by atoms with E-state index >= 15 is 0 Å². The zero-order chi connectivity index (χ0) is 14.7. The maximum Gasteiger partial charge on any atom is 0.317 e. The highest BCUT2D eigenvalue weighted by Crippen LogP contribution is 2.19. The van der Waals surface area contributed by atoms with Gasteiger partial charge in [-0.15, -0.1) is 5.10 Å². The van der Waals surface area contributed by atoms with E-state index in [1.807, 2.05) is 0 Å². The fraction of sp³-hybridized carbons (Fsp3) is 0.0833. The highest BCUT2D eigenvalue weighted by molar-refractivity contribution is 9.10. The van der Waals surface area contributed by atoms with Crippen molar-refractivity contribution in [1.82, 2.24) is 29.9 Å². The molecule has 0 aliphatic heterocycles. The Bertz CT molecular complexity index is 751. The maximum atomic E-state index is 6.21. The number of aromatic nitrogens is 6. The van der Waals surface area contributed by atoms with Crippen molar-refractivity contribution >= 4 is 27.5 Å². The lowest BCUT2D eigenvalue weighted by molar-refractivity contribution is 0.279. The summed E-state index contributed by atoms with van der Waals surface area (Å²) in [5.41, 5.74) is 0.726. The van der Waals surface area contributed by atoms with Gasteiger partial charge in [0.15, 0.2) is 5.82 Å². The summed E-state index contributed by atoms with van der Waals surface area (Å²) in [6.07, 6.45) is 6.47. The Morgan fingerprint density at radius 2 is 2.19 bits per heavy atom. The monoisotopic (exact) mass is 366 g/mol. The number of nitrogens with zero attached hydrogens (tertiary/aromatic N) is 6. The Balaban J connectivity index is 1.74. The number of halogens is 2. The molecule has 21 heavy (non-hydrogen) atoms. The van der Waals surface area contributed by atoms with E-state index in [2.05, 4.69) is 41.2 Å². The molecule has 3 aromatic heterocycles. The molecule has 0 saturated carbocycles. The van der Waals surface area contributed by atoms with Crippen molar-refractivity contribution in [3.8, 4) is 11.8 Å². The van der Waals surface area contributed by atoms with Crippen LogP contribution in [-0.2, 0) is 6.61 Å². The summed E-state index contributed by atoms with van der Waals surface area (Å²) in [5, 5.41) is 8.09. The predicted molar refractivity (Wildman–Crippen MR) is 78.2 cm³/mol. The molecule has 3 rings (SSSR count). The van der Waals surface area contributed by atoms with Gasteiger partial charge in [0, 0.05) is 24.0 Å². The summed E-state index contributed by atoms with van der Waals surface area (Å²) in [6, 6.07) is 3.67. The van der Waals surface area contributed by atoms with E-state index in [4.69, 9.17) is 16.3 Å².